The van der Waals surface area contributed by atoms with Gasteiger partial charge in [0, 0.05) is 31.7 Å². The van der Waals surface area contributed by atoms with Gasteiger partial charge in [0.1, 0.15) is 0 Å². The number of anilines is 1. The second-order valence-corrected chi connectivity index (χ2v) is 7.56. The second-order valence-electron chi connectivity index (χ2n) is 5.31. The molecule has 1 heterocycles. The van der Waals surface area contributed by atoms with Gasteiger partial charge >= 0.3 is 0 Å². The van der Waals surface area contributed by atoms with Crippen LogP contribution in [0.5, 0.6) is 0 Å². The number of carbonyl (C=O) groups excluding carboxylic acids is 1. The summed E-state index contributed by atoms with van der Waals surface area (Å²) in [6.07, 6.45) is 1.18. The molecule has 1 amide bonds. The molecule has 6 heteroatoms. The maximum absolute atomic E-state index is 12.5. The molecule has 0 saturated carbocycles. The van der Waals surface area contributed by atoms with Crippen molar-refractivity contribution < 1.29 is 13.2 Å². The molecule has 21 heavy (non-hydrogen) atoms. The minimum atomic E-state index is -3.13. The predicted molar refractivity (Wildman–Crippen MR) is 83.6 cm³/mol. The van der Waals surface area contributed by atoms with Gasteiger partial charge in [-0.2, -0.15) is 0 Å². The Morgan fingerprint density at radius 1 is 1.24 bits per heavy atom. The first-order chi connectivity index (χ1) is 9.95. The van der Waals surface area contributed by atoms with Crippen LogP contribution in [0.1, 0.15) is 19.8 Å². The molecule has 1 aliphatic heterocycles. The lowest BCUT2D eigenvalue weighted by Gasteiger charge is -2.32. The van der Waals surface area contributed by atoms with Gasteiger partial charge in [-0.1, -0.05) is 18.2 Å². The maximum atomic E-state index is 12.5. The Kier molecular flexibility index (Phi) is 5.00. The molecule has 0 aliphatic carbocycles. The van der Waals surface area contributed by atoms with Crippen molar-refractivity contribution in [3.63, 3.8) is 0 Å². The fourth-order valence-corrected chi connectivity index (χ4v) is 3.75. The van der Waals surface area contributed by atoms with Crippen LogP contribution in [-0.2, 0) is 14.8 Å². The number of para-hydroxylation sites is 1. The van der Waals surface area contributed by atoms with Crippen LogP contribution < -0.4 is 4.90 Å². The third-order valence-corrected chi connectivity index (χ3v) is 5.92. The summed E-state index contributed by atoms with van der Waals surface area (Å²) in [5, 5.41) is 0. The van der Waals surface area contributed by atoms with Gasteiger partial charge in [-0.25, -0.2) is 12.7 Å². The van der Waals surface area contributed by atoms with E-state index in [0.29, 0.717) is 25.9 Å². The molecule has 1 aromatic carbocycles. The quantitative estimate of drug-likeness (QED) is 0.850. The molecule has 116 valence electrons. The van der Waals surface area contributed by atoms with Crippen LogP contribution in [0.3, 0.4) is 0 Å². The summed E-state index contributed by atoms with van der Waals surface area (Å²) in [5.41, 5.74) is 0.867. The summed E-state index contributed by atoms with van der Waals surface area (Å²) >= 11 is 0. The van der Waals surface area contributed by atoms with Crippen molar-refractivity contribution in [2.75, 3.05) is 30.8 Å². The number of hydrogen-bond donors (Lipinski definition) is 0. The van der Waals surface area contributed by atoms with Crippen molar-refractivity contribution in [2.24, 2.45) is 5.92 Å². The van der Waals surface area contributed by atoms with E-state index >= 15 is 0 Å². The van der Waals surface area contributed by atoms with E-state index in [9.17, 15) is 13.2 Å². The molecule has 0 radical (unpaired) electrons. The molecule has 1 saturated heterocycles. The third-order valence-electron chi connectivity index (χ3n) is 4.04. The zero-order valence-corrected chi connectivity index (χ0v) is 13.3. The van der Waals surface area contributed by atoms with E-state index < -0.39 is 10.0 Å². The van der Waals surface area contributed by atoms with E-state index in [-0.39, 0.29) is 17.6 Å². The van der Waals surface area contributed by atoms with Crippen molar-refractivity contribution in [1.29, 1.82) is 0 Å². The fraction of sp³-hybridized carbons (Fsp3) is 0.533. The Morgan fingerprint density at radius 2 is 1.81 bits per heavy atom. The fourth-order valence-electron chi connectivity index (χ4n) is 2.62. The molecule has 1 fully saturated rings. The van der Waals surface area contributed by atoms with Crippen LogP contribution in [0.15, 0.2) is 30.3 Å². The number of piperidine rings is 1. The SMILES string of the molecule is CCS(=O)(=O)N1CCC(C(=O)N(C)c2ccccc2)CC1. The number of sulfonamides is 1. The minimum Gasteiger partial charge on any atom is -0.315 e. The Bertz CT molecular complexity index is 578. The van der Waals surface area contributed by atoms with Crippen molar-refractivity contribution in [3.05, 3.63) is 30.3 Å². The van der Waals surface area contributed by atoms with E-state index in [1.54, 1.807) is 18.9 Å². The Balaban J connectivity index is 1.98. The molecule has 2 rings (SSSR count). The largest absolute Gasteiger partial charge is 0.315 e. The van der Waals surface area contributed by atoms with E-state index in [2.05, 4.69) is 0 Å². The van der Waals surface area contributed by atoms with Gasteiger partial charge < -0.3 is 4.90 Å². The predicted octanol–water partition coefficient (Wildman–Crippen LogP) is 1.71. The Hall–Kier alpha value is -1.40. The van der Waals surface area contributed by atoms with Crippen LogP contribution >= 0.6 is 0 Å². The summed E-state index contributed by atoms with van der Waals surface area (Å²) in [7, 11) is -1.36. The van der Waals surface area contributed by atoms with Crippen molar-refractivity contribution >= 4 is 21.6 Å². The molecule has 0 aromatic heterocycles. The number of benzene rings is 1. The lowest BCUT2D eigenvalue weighted by atomic mass is 9.96. The first kappa shape index (κ1) is 16.0. The number of carbonyl (C=O) groups is 1. The zero-order valence-electron chi connectivity index (χ0n) is 12.5. The molecular weight excluding hydrogens is 288 g/mol. The van der Waals surface area contributed by atoms with Gasteiger partial charge in [0.15, 0.2) is 0 Å². The van der Waals surface area contributed by atoms with Crippen molar-refractivity contribution in [1.82, 2.24) is 4.31 Å². The summed E-state index contributed by atoms with van der Waals surface area (Å²) in [6.45, 7) is 2.53. The molecule has 0 bridgehead atoms. The number of hydrogen-bond acceptors (Lipinski definition) is 3. The number of nitrogens with zero attached hydrogens (tertiary/aromatic N) is 2. The van der Waals surface area contributed by atoms with Crippen LogP contribution in [-0.4, -0.2) is 44.5 Å². The Morgan fingerprint density at radius 3 is 2.33 bits per heavy atom. The minimum absolute atomic E-state index is 0.0646. The summed E-state index contributed by atoms with van der Waals surface area (Å²) in [4.78, 5) is 14.1. The lowest BCUT2D eigenvalue weighted by Crippen LogP contribution is -2.44. The third kappa shape index (κ3) is 3.63. The van der Waals surface area contributed by atoms with Gasteiger partial charge in [-0.3, -0.25) is 4.79 Å². The summed E-state index contributed by atoms with van der Waals surface area (Å²) in [5.74, 6) is 0.0865. The normalized spacial score (nSPS) is 17.6. The molecule has 0 N–H and O–H groups in total. The first-order valence-corrected chi connectivity index (χ1v) is 8.87. The topological polar surface area (TPSA) is 57.7 Å². The van der Waals surface area contributed by atoms with Crippen LogP contribution in [0, 0.1) is 5.92 Å². The van der Waals surface area contributed by atoms with Crippen molar-refractivity contribution in [3.8, 4) is 0 Å². The molecule has 0 unspecified atom stereocenters. The van der Waals surface area contributed by atoms with E-state index in [4.69, 9.17) is 0 Å². The Labute approximate surface area is 126 Å². The van der Waals surface area contributed by atoms with Crippen LogP contribution in [0.2, 0.25) is 0 Å². The van der Waals surface area contributed by atoms with E-state index in [0.717, 1.165) is 5.69 Å². The van der Waals surface area contributed by atoms with E-state index in [1.807, 2.05) is 30.3 Å². The highest BCUT2D eigenvalue weighted by molar-refractivity contribution is 7.89. The first-order valence-electron chi connectivity index (χ1n) is 7.26. The van der Waals surface area contributed by atoms with Gasteiger partial charge in [0.25, 0.3) is 0 Å². The molecule has 0 atom stereocenters. The highest BCUT2D eigenvalue weighted by Gasteiger charge is 2.31. The summed E-state index contributed by atoms with van der Waals surface area (Å²) in [6, 6.07) is 9.50. The lowest BCUT2D eigenvalue weighted by molar-refractivity contribution is -0.123. The van der Waals surface area contributed by atoms with Gasteiger partial charge in [-0.15, -0.1) is 0 Å². The second kappa shape index (κ2) is 6.58. The van der Waals surface area contributed by atoms with Crippen LogP contribution in [0.4, 0.5) is 5.69 Å². The molecule has 1 aromatic rings. The number of rotatable bonds is 4. The molecular formula is C15H22N2O3S. The smallest absolute Gasteiger partial charge is 0.229 e. The van der Waals surface area contributed by atoms with Gasteiger partial charge in [-0.05, 0) is 31.9 Å². The molecule has 0 spiro atoms. The van der Waals surface area contributed by atoms with Gasteiger partial charge in [0.05, 0.1) is 5.75 Å². The average molecular weight is 310 g/mol. The standard InChI is InChI=1S/C15H22N2O3S/c1-3-21(19,20)17-11-9-13(10-12-17)15(18)16(2)14-7-5-4-6-8-14/h4-8,13H,3,9-12H2,1-2H3. The highest BCUT2D eigenvalue weighted by atomic mass is 32.2. The van der Waals surface area contributed by atoms with Crippen molar-refractivity contribution in [2.45, 2.75) is 19.8 Å². The molecule has 1 aliphatic rings. The highest BCUT2D eigenvalue weighted by Crippen LogP contribution is 2.23. The van der Waals surface area contributed by atoms with Gasteiger partial charge in [0.2, 0.25) is 15.9 Å². The monoisotopic (exact) mass is 310 g/mol. The summed E-state index contributed by atoms with van der Waals surface area (Å²) < 4.78 is 25.1. The average Bonchev–Trinajstić information content (AvgIpc) is 2.54. The zero-order chi connectivity index (χ0) is 15.5. The number of amides is 1. The van der Waals surface area contributed by atoms with E-state index in [1.165, 1.54) is 4.31 Å². The molecule has 5 nitrogen and oxygen atoms in total. The van der Waals surface area contributed by atoms with Crippen LogP contribution in [0.25, 0.3) is 0 Å². The maximum Gasteiger partial charge on any atom is 0.229 e.